The number of fused-ring (bicyclic) bond motifs is 4. The van der Waals surface area contributed by atoms with Crippen LogP contribution in [0.3, 0.4) is 0 Å². The molecule has 0 amide bonds. The van der Waals surface area contributed by atoms with Crippen molar-refractivity contribution in [3.63, 3.8) is 0 Å². The van der Waals surface area contributed by atoms with E-state index in [-0.39, 0.29) is 21.7 Å². The zero-order chi connectivity index (χ0) is 46.9. The van der Waals surface area contributed by atoms with Crippen LogP contribution in [0.5, 0.6) is 11.5 Å². The van der Waals surface area contributed by atoms with Crippen LogP contribution >= 0.6 is 0 Å². The molecule has 1 aliphatic rings. The molecular formula is C62H62N4O. The van der Waals surface area contributed by atoms with Gasteiger partial charge in [-0.05, 0) is 117 Å². The summed E-state index contributed by atoms with van der Waals surface area (Å²) in [5.74, 6) is 2.42. The van der Waals surface area contributed by atoms with Gasteiger partial charge in [-0.2, -0.15) is 0 Å². The van der Waals surface area contributed by atoms with Crippen molar-refractivity contribution in [2.24, 2.45) is 0 Å². The zero-order valence-corrected chi connectivity index (χ0v) is 40.7. The van der Waals surface area contributed by atoms with Gasteiger partial charge in [-0.25, -0.2) is 4.98 Å². The Kier molecular flexibility index (Phi) is 10.7. The zero-order valence-electron chi connectivity index (χ0n) is 40.7. The minimum Gasteiger partial charge on any atom is -0.457 e. The van der Waals surface area contributed by atoms with Crippen LogP contribution in [-0.2, 0) is 21.7 Å². The Morgan fingerprint density at radius 3 is 1.64 bits per heavy atom. The molecule has 67 heavy (non-hydrogen) atoms. The first kappa shape index (κ1) is 43.8. The highest BCUT2D eigenvalue weighted by molar-refractivity contribution is 6.10. The quantitative estimate of drug-likeness (QED) is 0.145. The monoisotopic (exact) mass is 878 g/mol. The summed E-state index contributed by atoms with van der Waals surface area (Å²) in [6, 6.07) is 63.9. The van der Waals surface area contributed by atoms with Crippen LogP contribution in [0.1, 0.15) is 103 Å². The average molecular weight is 879 g/mol. The lowest BCUT2D eigenvalue weighted by atomic mass is 9.78. The first-order valence-corrected chi connectivity index (χ1v) is 23.7. The lowest BCUT2D eigenvalue weighted by Crippen LogP contribution is -2.25. The molecule has 1 aliphatic heterocycles. The van der Waals surface area contributed by atoms with Crippen molar-refractivity contribution in [3.05, 3.63) is 216 Å². The molecule has 7 aromatic carbocycles. The maximum absolute atomic E-state index is 6.89. The molecule has 9 aromatic rings. The van der Waals surface area contributed by atoms with Crippen molar-refractivity contribution in [1.29, 1.82) is 0 Å². The number of pyridine rings is 1. The molecule has 0 fully saturated rings. The van der Waals surface area contributed by atoms with Gasteiger partial charge < -0.3 is 14.5 Å². The highest BCUT2D eigenvalue weighted by atomic mass is 16.5. The van der Waals surface area contributed by atoms with Gasteiger partial charge in [0.15, 0.2) is 0 Å². The molecule has 0 aliphatic carbocycles. The fourth-order valence-electron chi connectivity index (χ4n) is 9.83. The lowest BCUT2D eigenvalue weighted by Gasteiger charge is -2.28. The standard InChI is InChI=1S/C62H62N4O/c1-59(2,3)44-27-31-54-53(36-44)52-30-29-51(40-56(52)66(54)58-38-47(33-34-63-58)62(9,10)43-21-15-12-16-22-43)67-50-26-18-25-49(39-50)65-41-64(55-32-28-45(37-57(55)65)60(4,5)6)48-24-17-23-46(35-48)61(7,8)42-19-13-11-14-20-42/h11-40H,41H2,1-10H3. The summed E-state index contributed by atoms with van der Waals surface area (Å²) in [4.78, 5) is 9.91. The van der Waals surface area contributed by atoms with Crippen LogP contribution < -0.4 is 14.5 Å². The van der Waals surface area contributed by atoms with E-state index in [1.807, 2.05) is 6.20 Å². The molecule has 5 nitrogen and oxygen atoms in total. The number of rotatable bonds is 9. The van der Waals surface area contributed by atoms with Crippen molar-refractivity contribution in [1.82, 2.24) is 9.55 Å². The van der Waals surface area contributed by atoms with E-state index >= 15 is 0 Å². The van der Waals surface area contributed by atoms with Crippen molar-refractivity contribution >= 4 is 44.6 Å². The second kappa shape index (κ2) is 16.3. The van der Waals surface area contributed by atoms with Gasteiger partial charge in [-0.3, -0.25) is 4.57 Å². The van der Waals surface area contributed by atoms with Gasteiger partial charge in [-0.1, -0.05) is 160 Å². The average Bonchev–Trinajstić information content (AvgIpc) is 3.87. The van der Waals surface area contributed by atoms with E-state index in [0.29, 0.717) is 6.67 Å². The Balaban J connectivity index is 1.03. The summed E-state index contributed by atoms with van der Waals surface area (Å²) in [6.07, 6.45) is 1.95. The third-order valence-electron chi connectivity index (χ3n) is 14.2. The predicted octanol–water partition coefficient (Wildman–Crippen LogP) is 16.5. The minimum absolute atomic E-state index is 0.000917. The van der Waals surface area contributed by atoms with E-state index in [2.05, 4.69) is 260 Å². The van der Waals surface area contributed by atoms with Crippen LogP contribution in [0.25, 0.3) is 27.6 Å². The highest BCUT2D eigenvalue weighted by Crippen LogP contribution is 2.48. The fourth-order valence-corrected chi connectivity index (χ4v) is 9.83. The molecule has 0 atom stereocenters. The van der Waals surface area contributed by atoms with Gasteiger partial charge in [0.25, 0.3) is 0 Å². The minimum atomic E-state index is -0.221. The Labute approximate surface area is 397 Å². The van der Waals surface area contributed by atoms with Crippen LogP contribution in [0.2, 0.25) is 0 Å². The number of aromatic nitrogens is 2. The molecule has 5 heteroatoms. The van der Waals surface area contributed by atoms with E-state index in [4.69, 9.17) is 9.72 Å². The van der Waals surface area contributed by atoms with Crippen LogP contribution in [-0.4, -0.2) is 16.2 Å². The summed E-state index contributed by atoms with van der Waals surface area (Å²) >= 11 is 0. The van der Waals surface area contributed by atoms with Crippen molar-refractivity contribution in [2.45, 2.75) is 90.9 Å². The number of hydrogen-bond acceptors (Lipinski definition) is 4. The first-order valence-electron chi connectivity index (χ1n) is 23.7. The molecule has 3 heterocycles. The van der Waals surface area contributed by atoms with Gasteiger partial charge in [0.2, 0.25) is 0 Å². The normalized spacial score (nSPS) is 13.4. The number of benzene rings is 7. The molecule has 10 rings (SSSR count). The third kappa shape index (κ3) is 8.05. The largest absolute Gasteiger partial charge is 0.457 e. The third-order valence-corrected chi connectivity index (χ3v) is 14.2. The molecule has 0 radical (unpaired) electrons. The summed E-state index contributed by atoms with van der Waals surface area (Å²) in [5, 5.41) is 2.36. The molecule has 0 bridgehead atoms. The second-order valence-electron chi connectivity index (χ2n) is 21.5. The lowest BCUT2D eigenvalue weighted by molar-refractivity contribution is 0.483. The van der Waals surface area contributed by atoms with Crippen LogP contribution in [0.15, 0.2) is 182 Å². The molecule has 0 spiro atoms. The van der Waals surface area contributed by atoms with E-state index in [9.17, 15) is 0 Å². The predicted molar refractivity (Wildman–Crippen MR) is 282 cm³/mol. The summed E-state index contributed by atoms with van der Waals surface area (Å²) in [5.41, 5.74) is 14.0. The molecular weight excluding hydrogens is 817 g/mol. The van der Waals surface area contributed by atoms with Crippen LogP contribution in [0.4, 0.5) is 22.7 Å². The number of anilines is 4. The second-order valence-corrected chi connectivity index (χ2v) is 21.5. The van der Waals surface area contributed by atoms with Gasteiger partial charge >= 0.3 is 0 Å². The fraction of sp³-hybridized carbons (Fsp3) is 0.242. The Hall–Kier alpha value is -7.11. The maximum atomic E-state index is 6.89. The Morgan fingerprint density at radius 2 is 0.970 bits per heavy atom. The molecule has 0 saturated heterocycles. The number of nitrogens with zero attached hydrogens (tertiary/aromatic N) is 4. The maximum Gasteiger partial charge on any atom is 0.137 e. The molecule has 0 saturated carbocycles. The summed E-state index contributed by atoms with van der Waals surface area (Å²) in [6.45, 7) is 23.5. The van der Waals surface area contributed by atoms with Crippen LogP contribution in [0, 0.1) is 0 Å². The SMILES string of the molecule is CC(C)(C)c1ccc2c(c1)N(c1cccc(Oc3ccc4c5cc(C(C)(C)C)ccc5n(-c5cc(C(C)(C)c6ccccc6)ccn5)c4c3)c1)CN2c1cccc(C(C)(C)c2ccccc2)c1. The summed E-state index contributed by atoms with van der Waals surface area (Å²) in [7, 11) is 0. The molecule has 0 unspecified atom stereocenters. The van der Waals surface area contributed by atoms with Crippen molar-refractivity contribution in [3.8, 4) is 17.3 Å². The first-order chi connectivity index (χ1) is 32.0. The number of ether oxygens (including phenoxy) is 1. The van der Waals surface area contributed by atoms with Crippen molar-refractivity contribution in [2.75, 3.05) is 16.5 Å². The molecule has 336 valence electrons. The van der Waals surface area contributed by atoms with E-state index < -0.39 is 0 Å². The van der Waals surface area contributed by atoms with Gasteiger partial charge in [-0.15, -0.1) is 0 Å². The molecule has 0 N–H and O–H groups in total. The summed E-state index contributed by atoms with van der Waals surface area (Å²) < 4.78 is 9.20. The van der Waals surface area contributed by atoms with Gasteiger partial charge in [0.05, 0.1) is 22.4 Å². The van der Waals surface area contributed by atoms with E-state index in [1.165, 1.54) is 55.8 Å². The van der Waals surface area contributed by atoms with E-state index in [0.717, 1.165) is 39.4 Å². The Morgan fingerprint density at radius 1 is 0.403 bits per heavy atom. The van der Waals surface area contributed by atoms with E-state index in [1.54, 1.807) is 0 Å². The van der Waals surface area contributed by atoms with Gasteiger partial charge in [0.1, 0.15) is 24.0 Å². The Bertz CT molecular complexity index is 3280. The highest BCUT2D eigenvalue weighted by Gasteiger charge is 2.32. The molecule has 2 aromatic heterocycles. The number of hydrogen-bond donors (Lipinski definition) is 0. The van der Waals surface area contributed by atoms with Crippen molar-refractivity contribution < 1.29 is 4.74 Å². The van der Waals surface area contributed by atoms with Gasteiger partial charge in [0, 0.05) is 51.3 Å². The topological polar surface area (TPSA) is 33.5 Å². The smallest absolute Gasteiger partial charge is 0.137 e.